The van der Waals surface area contributed by atoms with Crippen LogP contribution in [-0.4, -0.2) is 33.7 Å². The first-order valence-corrected chi connectivity index (χ1v) is 12.3. The van der Waals surface area contributed by atoms with Crippen molar-refractivity contribution in [3.63, 3.8) is 0 Å². The number of fused-ring (bicyclic) bond motifs is 1. The largest absolute Gasteiger partial charge is 0.431 e. The Morgan fingerprint density at radius 1 is 1.29 bits per heavy atom. The molecule has 4 N–H and O–H groups in total. The number of rotatable bonds is 6. The molecule has 1 aromatic carbocycles. The van der Waals surface area contributed by atoms with Gasteiger partial charge in [0.1, 0.15) is 11.6 Å². The molecule has 0 radical (unpaired) electrons. The molecule has 35 heavy (non-hydrogen) atoms. The lowest BCUT2D eigenvalue weighted by Gasteiger charge is -2.60. The van der Waals surface area contributed by atoms with Gasteiger partial charge in [0.25, 0.3) is 6.01 Å². The molecule has 2 aliphatic carbocycles. The second-order valence-corrected chi connectivity index (χ2v) is 10.4. The first-order valence-electron chi connectivity index (χ1n) is 12.3. The minimum Gasteiger partial charge on any atom is -0.431 e. The van der Waals surface area contributed by atoms with Crippen molar-refractivity contribution in [2.45, 2.75) is 57.0 Å². The maximum atomic E-state index is 13.8. The topological polar surface area (TPSA) is 124 Å². The highest BCUT2D eigenvalue weighted by molar-refractivity contribution is 5.97. The van der Waals surface area contributed by atoms with Gasteiger partial charge in [0, 0.05) is 53.2 Å². The molecule has 6 atom stereocenters. The Bertz CT molecular complexity index is 1330. The highest BCUT2D eigenvalue weighted by atomic mass is 19.1. The quantitative estimate of drug-likeness (QED) is 0.191. The summed E-state index contributed by atoms with van der Waals surface area (Å²) >= 11 is 0. The number of furan rings is 1. The number of amides is 1. The SMILES string of the molecule is CC(CC(=O)N1C2CC3CC(C2)C(/C(N)=N/N=N)C1C3)c1c[nH]c2cccc(-c3ccc(F)o3)c12. The van der Waals surface area contributed by atoms with E-state index >= 15 is 0 Å². The van der Waals surface area contributed by atoms with Crippen LogP contribution < -0.4 is 5.73 Å². The lowest BCUT2D eigenvalue weighted by Crippen LogP contribution is -2.66. The minimum absolute atomic E-state index is 0.0234. The van der Waals surface area contributed by atoms with E-state index in [0.717, 1.165) is 47.7 Å². The molecule has 3 aromatic rings. The summed E-state index contributed by atoms with van der Waals surface area (Å²) in [5, 5.41) is 7.96. The predicted molar refractivity (Wildman–Crippen MR) is 129 cm³/mol. The minimum atomic E-state index is -0.623. The number of hydrogen-bond donors (Lipinski definition) is 3. The third kappa shape index (κ3) is 3.56. The van der Waals surface area contributed by atoms with E-state index in [1.54, 1.807) is 6.07 Å². The molecular weight excluding hydrogens is 447 g/mol. The number of amidine groups is 1. The number of hydrogen-bond acceptors (Lipinski definition) is 4. The van der Waals surface area contributed by atoms with Crippen LogP contribution in [0.4, 0.5) is 4.39 Å². The molecule has 7 rings (SSSR count). The first-order chi connectivity index (χ1) is 16.9. The standard InChI is InChI=1S/C26H29FN6O2/c1-13(18-12-30-19-4-2-3-17(25(18)19)21-5-6-22(27)35-21)7-23(34)33-16-9-14-8-15(11-16)24(20(33)10-14)26(28)31-32-29/h2-6,12-16,20,24,30H,7-11H2,1H3,(H3,28,29,31). The van der Waals surface area contributed by atoms with Gasteiger partial charge >= 0.3 is 0 Å². The number of aromatic nitrogens is 1. The lowest BCUT2D eigenvalue weighted by molar-refractivity contribution is -0.153. The van der Waals surface area contributed by atoms with Crippen molar-refractivity contribution in [2.24, 2.45) is 33.8 Å². The van der Waals surface area contributed by atoms with Crippen molar-refractivity contribution < 1.29 is 13.6 Å². The van der Waals surface area contributed by atoms with Crippen LogP contribution >= 0.6 is 0 Å². The van der Waals surface area contributed by atoms with Crippen molar-refractivity contribution in [2.75, 3.05) is 0 Å². The number of carbonyl (C=O) groups is 1. The molecular formula is C26H29FN6O2. The summed E-state index contributed by atoms with van der Waals surface area (Å²) in [7, 11) is 0. The van der Waals surface area contributed by atoms with Gasteiger partial charge in [-0.25, -0.2) is 0 Å². The zero-order chi connectivity index (χ0) is 24.3. The van der Waals surface area contributed by atoms with Gasteiger partial charge in [-0.15, -0.1) is 5.10 Å². The molecule has 4 aliphatic rings. The molecule has 4 fully saturated rings. The molecule has 0 spiro atoms. The smallest absolute Gasteiger partial charge is 0.278 e. The second-order valence-electron chi connectivity index (χ2n) is 10.4. The Balaban J connectivity index is 1.29. The molecule has 2 saturated heterocycles. The van der Waals surface area contributed by atoms with Gasteiger partial charge in [0.05, 0.1) is 0 Å². The summed E-state index contributed by atoms with van der Waals surface area (Å²) in [5.41, 5.74) is 16.1. The van der Waals surface area contributed by atoms with Crippen LogP contribution in [0.3, 0.4) is 0 Å². The van der Waals surface area contributed by atoms with Crippen LogP contribution in [0.2, 0.25) is 0 Å². The number of benzene rings is 1. The fourth-order valence-corrected chi connectivity index (χ4v) is 7.22. The summed E-state index contributed by atoms with van der Waals surface area (Å²) in [6.07, 6.45) is 6.36. The highest BCUT2D eigenvalue weighted by Gasteiger charge is 2.55. The van der Waals surface area contributed by atoms with E-state index < -0.39 is 6.01 Å². The van der Waals surface area contributed by atoms with Crippen LogP contribution in [0.15, 0.2) is 51.3 Å². The number of nitrogens with one attached hydrogen (secondary N) is 2. The van der Waals surface area contributed by atoms with Crippen molar-refractivity contribution in [3.8, 4) is 11.3 Å². The summed E-state index contributed by atoms with van der Waals surface area (Å²) in [6.45, 7) is 2.06. The normalized spacial score (nSPS) is 28.6. The van der Waals surface area contributed by atoms with E-state index in [9.17, 15) is 9.18 Å². The average molecular weight is 477 g/mol. The number of nitrogens with two attached hydrogens (primary N) is 1. The van der Waals surface area contributed by atoms with E-state index in [4.69, 9.17) is 15.7 Å². The van der Waals surface area contributed by atoms with Crippen LogP contribution in [0.1, 0.15) is 50.5 Å². The van der Waals surface area contributed by atoms with E-state index in [1.165, 1.54) is 6.07 Å². The summed E-state index contributed by atoms with van der Waals surface area (Å²) in [5.74, 6) is 1.94. The van der Waals surface area contributed by atoms with Gasteiger partial charge in [-0.3, -0.25) is 4.79 Å². The van der Waals surface area contributed by atoms with Gasteiger partial charge in [-0.05, 0) is 61.1 Å². The fourth-order valence-electron chi connectivity index (χ4n) is 7.22. The molecule has 4 bridgehead atoms. The lowest BCUT2D eigenvalue weighted by atomic mass is 9.58. The van der Waals surface area contributed by atoms with E-state index in [0.29, 0.717) is 29.9 Å². The first kappa shape index (κ1) is 22.0. The average Bonchev–Trinajstić information content (AvgIpc) is 3.45. The van der Waals surface area contributed by atoms with Crippen molar-refractivity contribution in [1.29, 1.82) is 5.53 Å². The third-order valence-electron chi connectivity index (χ3n) is 8.45. The van der Waals surface area contributed by atoms with Crippen molar-refractivity contribution in [3.05, 3.63) is 48.1 Å². The zero-order valence-corrected chi connectivity index (χ0v) is 19.6. The third-order valence-corrected chi connectivity index (χ3v) is 8.45. The predicted octanol–water partition coefficient (Wildman–Crippen LogP) is 5.38. The van der Waals surface area contributed by atoms with Crippen LogP contribution in [-0.2, 0) is 4.79 Å². The number of aromatic amines is 1. The maximum Gasteiger partial charge on any atom is 0.278 e. The zero-order valence-electron chi connectivity index (χ0n) is 19.6. The number of carbonyl (C=O) groups excluding carboxylic acids is 1. The van der Waals surface area contributed by atoms with Crippen LogP contribution in [0, 0.1) is 29.3 Å². The Hall–Kier alpha value is -3.49. The molecule has 2 aromatic heterocycles. The summed E-state index contributed by atoms with van der Waals surface area (Å²) < 4.78 is 18.9. The Labute approximate surface area is 202 Å². The number of piperidine rings is 2. The molecule has 2 aliphatic heterocycles. The molecule has 4 heterocycles. The summed E-state index contributed by atoms with van der Waals surface area (Å²) in [4.78, 5) is 19.2. The van der Waals surface area contributed by atoms with E-state index in [2.05, 4.69) is 27.1 Å². The number of H-pyrrole nitrogens is 1. The molecule has 8 nitrogen and oxygen atoms in total. The van der Waals surface area contributed by atoms with Crippen LogP contribution in [0.25, 0.3) is 22.2 Å². The fraction of sp³-hybridized carbons (Fsp3) is 0.462. The monoisotopic (exact) mass is 476 g/mol. The van der Waals surface area contributed by atoms with Gasteiger partial charge in [0.15, 0.2) is 0 Å². The molecule has 6 unspecified atom stereocenters. The van der Waals surface area contributed by atoms with Crippen molar-refractivity contribution >= 4 is 22.6 Å². The Morgan fingerprint density at radius 2 is 2.14 bits per heavy atom. The second kappa shape index (κ2) is 8.32. The van der Waals surface area contributed by atoms with Gasteiger partial charge < -0.3 is 20.0 Å². The van der Waals surface area contributed by atoms with Gasteiger partial charge in [-0.1, -0.05) is 24.3 Å². The Morgan fingerprint density at radius 3 is 2.91 bits per heavy atom. The maximum absolute atomic E-state index is 13.8. The molecule has 9 heteroatoms. The highest BCUT2D eigenvalue weighted by Crippen LogP contribution is 2.52. The van der Waals surface area contributed by atoms with Gasteiger partial charge in [0.2, 0.25) is 5.91 Å². The van der Waals surface area contributed by atoms with Gasteiger partial charge in [-0.2, -0.15) is 9.92 Å². The van der Waals surface area contributed by atoms with Crippen molar-refractivity contribution in [1.82, 2.24) is 9.88 Å². The molecule has 2 saturated carbocycles. The number of halogens is 1. The van der Waals surface area contributed by atoms with E-state index in [-0.39, 0.29) is 29.8 Å². The number of nitrogens with zero attached hydrogens (tertiary/aromatic N) is 3. The summed E-state index contributed by atoms with van der Waals surface area (Å²) in [6, 6.07) is 8.39. The Kier molecular flexibility index (Phi) is 5.23. The van der Waals surface area contributed by atoms with E-state index in [1.807, 2.05) is 24.4 Å². The van der Waals surface area contributed by atoms with Crippen LogP contribution in [0.5, 0.6) is 0 Å². The molecule has 1 amide bonds. The molecule has 182 valence electrons.